The second kappa shape index (κ2) is 10.9. The number of hydrogen-bond acceptors (Lipinski definition) is 5. The maximum absolute atomic E-state index is 13.7. The minimum Gasteiger partial charge on any atom is -0.460 e. The van der Waals surface area contributed by atoms with E-state index in [1.807, 2.05) is 13.0 Å². The lowest BCUT2D eigenvalue weighted by Crippen LogP contribution is -2.55. The average Bonchev–Trinajstić information content (AvgIpc) is 2.76. The van der Waals surface area contributed by atoms with E-state index in [1.165, 1.54) is 4.90 Å². The van der Waals surface area contributed by atoms with Crippen molar-refractivity contribution in [2.24, 2.45) is 0 Å². The largest absolute Gasteiger partial charge is 0.460 e. The quantitative estimate of drug-likeness (QED) is 0.355. The van der Waals surface area contributed by atoms with Crippen LogP contribution in [0.1, 0.15) is 63.8 Å². The number of amides is 1. The Morgan fingerprint density at radius 2 is 1.79 bits per heavy atom. The molecule has 1 aliphatic heterocycles. The summed E-state index contributed by atoms with van der Waals surface area (Å²) in [6.45, 7) is 7.10. The summed E-state index contributed by atoms with van der Waals surface area (Å²) in [6, 6.07) is 12.9. The van der Waals surface area contributed by atoms with Crippen LogP contribution in [0.25, 0.3) is 0 Å². The molecule has 0 spiro atoms. The minimum atomic E-state index is -1.11. The Hall–Kier alpha value is -2.41. The Bertz CT molecular complexity index is 1030. The van der Waals surface area contributed by atoms with Crippen molar-refractivity contribution in [2.75, 3.05) is 0 Å². The number of morpholine rings is 1. The van der Waals surface area contributed by atoms with Crippen LogP contribution in [-0.4, -0.2) is 40.8 Å². The van der Waals surface area contributed by atoms with Gasteiger partial charge in [-0.2, -0.15) is 0 Å². The van der Waals surface area contributed by atoms with E-state index in [0.717, 1.165) is 17.4 Å². The van der Waals surface area contributed by atoms with Crippen LogP contribution in [-0.2, 0) is 23.9 Å². The number of carbonyl (C=O) groups excluding carboxylic acids is 3. The minimum absolute atomic E-state index is 0.272. The molecule has 0 bridgehead atoms. The van der Waals surface area contributed by atoms with Crippen LogP contribution in [0.2, 0.25) is 10.0 Å². The van der Waals surface area contributed by atoms with Crippen LogP contribution >= 0.6 is 23.2 Å². The molecule has 1 aliphatic rings. The number of aldehydes is 1. The molecule has 0 unspecified atom stereocenters. The zero-order valence-electron chi connectivity index (χ0n) is 19.7. The first kappa shape index (κ1) is 26.2. The van der Waals surface area contributed by atoms with Crippen molar-refractivity contribution in [1.82, 2.24) is 4.90 Å². The Labute approximate surface area is 210 Å². The van der Waals surface area contributed by atoms with Gasteiger partial charge in [0.05, 0.1) is 18.5 Å². The molecule has 2 aromatic rings. The molecule has 182 valence electrons. The molecule has 6 nitrogen and oxygen atoms in total. The topological polar surface area (TPSA) is 72.9 Å². The van der Waals surface area contributed by atoms with E-state index < -0.39 is 41.8 Å². The highest BCUT2D eigenvalue weighted by atomic mass is 35.5. The number of nitrogens with zero attached hydrogens (tertiary/aromatic N) is 1. The van der Waals surface area contributed by atoms with E-state index in [9.17, 15) is 14.4 Å². The van der Waals surface area contributed by atoms with E-state index in [0.29, 0.717) is 16.5 Å². The predicted octanol–water partition coefficient (Wildman–Crippen LogP) is 5.71. The standard InChI is InChI=1S/C26H29Cl2NO5/c1-5-20(15-30)29-23(16-9-11-18(27)12-10-16)24(17-7-6-8-19(28)13-17)33-21(25(29)32)14-22(31)34-26(2,3)4/h6-13,15,20-21,23-24H,5,14H2,1-4H3/t20-,21+,23+,24+/m0/s1. The van der Waals surface area contributed by atoms with E-state index in [1.54, 1.807) is 63.2 Å². The first-order valence-electron chi connectivity index (χ1n) is 11.2. The highest BCUT2D eigenvalue weighted by Crippen LogP contribution is 2.44. The van der Waals surface area contributed by atoms with Gasteiger partial charge in [-0.1, -0.05) is 54.4 Å². The molecular weight excluding hydrogens is 477 g/mol. The van der Waals surface area contributed by atoms with E-state index in [-0.39, 0.29) is 6.42 Å². The Kier molecular flexibility index (Phi) is 8.39. The lowest BCUT2D eigenvalue weighted by Gasteiger charge is -2.46. The van der Waals surface area contributed by atoms with Crippen LogP contribution in [0, 0.1) is 0 Å². The number of ether oxygens (including phenoxy) is 2. The molecule has 0 aromatic heterocycles. The van der Waals surface area contributed by atoms with Crippen molar-refractivity contribution in [1.29, 1.82) is 0 Å². The summed E-state index contributed by atoms with van der Waals surface area (Å²) in [6.07, 6.45) is -0.908. The normalized spacial score (nSPS) is 21.8. The molecule has 3 rings (SSSR count). The summed E-state index contributed by atoms with van der Waals surface area (Å²) in [5.41, 5.74) is 0.764. The monoisotopic (exact) mass is 505 g/mol. The molecule has 4 atom stereocenters. The molecule has 1 saturated heterocycles. The fourth-order valence-electron chi connectivity index (χ4n) is 4.10. The van der Waals surface area contributed by atoms with Gasteiger partial charge in [0, 0.05) is 10.0 Å². The summed E-state index contributed by atoms with van der Waals surface area (Å²) in [5.74, 6) is -0.997. The lowest BCUT2D eigenvalue weighted by atomic mass is 9.89. The van der Waals surface area contributed by atoms with Gasteiger partial charge in [-0.3, -0.25) is 9.59 Å². The van der Waals surface area contributed by atoms with Gasteiger partial charge in [0.25, 0.3) is 5.91 Å². The second-order valence-electron chi connectivity index (χ2n) is 9.24. The zero-order valence-corrected chi connectivity index (χ0v) is 21.2. The molecule has 8 heteroatoms. The number of rotatable bonds is 7. The first-order valence-corrected chi connectivity index (χ1v) is 12.0. The predicted molar refractivity (Wildman–Crippen MR) is 131 cm³/mol. The van der Waals surface area contributed by atoms with Gasteiger partial charge in [0.15, 0.2) is 0 Å². The third kappa shape index (κ3) is 6.17. The maximum atomic E-state index is 13.7. The van der Waals surface area contributed by atoms with Crippen molar-refractivity contribution < 1.29 is 23.9 Å². The molecular formula is C26H29Cl2NO5. The molecule has 1 fully saturated rings. The molecule has 0 saturated carbocycles. The fourth-order valence-corrected chi connectivity index (χ4v) is 4.42. The van der Waals surface area contributed by atoms with E-state index in [4.69, 9.17) is 32.7 Å². The van der Waals surface area contributed by atoms with Gasteiger partial charge < -0.3 is 19.2 Å². The summed E-state index contributed by atoms with van der Waals surface area (Å²) in [4.78, 5) is 39.8. The van der Waals surface area contributed by atoms with Crippen molar-refractivity contribution in [3.8, 4) is 0 Å². The van der Waals surface area contributed by atoms with Gasteiger partial charge in [0.2, 0.25) is 0 Å². The van der Waals surface area contributed by atoms with Gasteiger partial charge in [-0.25, -0.2) is 0 Å². The highest BCUT2D eigenvalue weighted by molar-refractivity contribution is 6.30. The Morgan fingerprint density at radius 1 is 1.12 bits per heavy atom. The third-order valence-electron chi connectivity index (χ3n) is 5.52. The van der Waals surface area contributed by atoms with Crippen LogP contribution in [0.5, 0.6) is 0 Å². The molecule has 2 aromatic carbocycles. The second-order valence-corrected chi connectivity index (χ2v) is 10.1. The van der Waals surface area contributed by atoms with E-state index in [2.05, 4.69) is 0 Å². The lowest BCUT2D eigenvalue weighted by molar-refractivity contribution is -0.186. The molecule has 0 radical (unpaired) electrons. The van der Waals surface area contributed by atoms with Crippen molar-refractivity contribution in [2.45, 2.75) is 70.4 Å². The molecule has 0 N–H and O–H groups in total. The van der Waals surface area contributed by atoms with Gasteiger partial charge in [-0.15, -0.1) is 0 Å². The summed E-state index contributed by atoms with van der Waals surface area (Å²) < 4.78 is 11.7. The molecule has 1 amide bonds. The van der Waals surface area contributed by atoms with Crippen LogP contribution < -0.4 is 0 Å². The summed E-state index contributed by atoms with van der Waals surface area (Å²) >= 11 is 12.4. The molecule has 0 aliphatic carbocycles. The van der Waals surface area contributed by atoms with Gasteiger partial charge in [0.1, 0.15) is 24.1 Å². The summed E-state index contributed by atoms with van der Waals surface area (Å²) in [5, 5.41) is 1.05. The van der Waals surface area contributed by atoms with Gasteiger partial charge >= 0.3 is 5.97 Å². The van der Waals surface area contributed by atoms with E-state index >= 15 is 0 Å². The highest BCUT2D eigenvalue weighted by Gasteiger charge is 2.47. The average molecular weight is 506 g/mol. The zero-order chi connectivity index (χ0) is 25.0. The summed E-state index contributed by atoms with van der Waals surface area (Å²) in [7, 11) is 0. The number of carbonyl (C=O) groups is 3. The van der Waals surface area contributed by atoms with Crippen LogP contribution in [0.3, 0.4) is 0 Å². The number of esters is 1. The Balaban J connectivity index is 2.10. The number of hydrogen-bond donors (Lipinski definition) is 0. The number of benzene rings is 2. The maximum Gasteiger partial charge on any atom is 0.309 e. The smallest absolute Gasteiger partial charge is 0.309 e. The first-order chi connectivity index (χ1) is 16.0. The van der Waals surface area contributed by atoms with Crippen molar-refractivity contribution >= 4 is 41.4 Å². The van der Waals surface area contributed by atoms with Crippen LogP contribution in [0.4, 0.5) is 0 Å². The van der Waals surface area contributed by atoms with Crippen LogP contribution in [0.15, 0.2) is 48.5 Å². The Morgan fingerprint density at radius 3 is 2.35 bits per heavy atom. The third-order valence-corrected chi connectivity index (χ3v) is 6.01. The fraction of sp³-hybridized carbons (Fsp3) is 0.423. The van der Waals surface area contributed by atoms with Gasteiger partial charge in [-0.05, 0) is 62.6 Å². The van der Waals surface area contributed by atoms with Crippen molar-refractivity contribution in [3.63, 3.8) is 0 Å². The van der Waals surface area contributed by atoms with Crippen molar-refractivity contribution in [3.05, 3.63) is 69.7 Å². The molecule has 34 heavy (non-hydrogen) atoms. The molecule has 1 heterocycles. The number of halogens is 2. The SMILES string of the molecule is CC[C@@H](C=O)N1C(=O)[C@@H](CC(=O)OC(C)(C)C)O[C@H](c2cccc(Cl)c2)[C@H]1c1ccc(Cl)cc1.